The topological polar surface area (TPSA) is 39.2 Å². The molecule has 0 spiro atoms. The van der Waals surface area contributed by atoms with Gasteiger partial charge in [-0.3, -0.25) is 0 Å². The molecule has 0 saturated heterocycles. The number of hydrogen-bond donors (Lipinski definition) is 1. The molecule has 0 saturated carbocycles. The van der Waals surface area contributed by atoms with Crippen molar-refractivity contribution in [3.63, 3.8) is 0 Å². The van der Waals surface area contributed by atoms with Gasteiger partial charge in [-0.2, -0.15) is 0 Å². The van der Waals surface area contributed by atoms with Crippen molar-refractivity contribution in [1.29, 1.82) is 0 Å². The van der Waals surface area contributed by atoms with Crippen molar-refractivity contribution in [3.8, 4) is 0 Å². The number of aryl methyl sites for hydroxylation is 1. The van der Waals surface area contributed by atoms with E-state index in [9.17, 15) is 4.39 Å². The van der Waals surface area contributed by atoms with Gasteiger partial charge < -0.3 is 10.2 Å². The van der Waals surface area contributed by atoms with Crippen LogP contribution in [-0.2, 0) is 12.8 Å². The van der Waals surface area contributed by atoms with E-state index in [0.717, 1.165) is 34.3 Å². The van der Waals surface area contributed by atoms with Gasteiger partial charge >= 0.3 is 0 Å². The third-order valence-electron chi connectivity index (χ3n) is 3.77. The van der Waals surface area contributed by atoms with Gasteiger partial charge in [-0.1, -0.05) is 37.3 Å². The first kappa shape index (κ1) is 13.8. The highest BCUT2D eigenvalue weighted by Gasteiger charge is 2.19. The summed E-state index contributed by atoms with van der Waals surface area (Å²) in [5.74, 6) is 0.709. The SMILES string of the molecule is CCc1oc2ccccc2c1C(N)Cc1ccc(F)cc1. The Kier molecular flexibility index (Phi) is 3.76. The van der Waals surface area contributed by atoms with E-state index in [1.165, 1.54) is 12.1 Å². The zero-order valence-corrected chi connectivity index (χ0v) is 12.0. The predicted octanol–water partition coefficient (Wildman–Crippen LogP) is 4.38. The second kappa shape index (κ2) is 5.70. The lowest BCUT2D eigenvalue weighted by molar-refractivity contribution is 0.540. The maximum Gasteiger partial charge on any atom is 0.134 e. The molecule has 0 radical (unpaired) electrons. The maximum atomic E-state index is 13.0. The second-order valence-corrected chi connectivity index (χ2v) is 5.23. The van der Waals surface area contributed by atoms with E-state index in [1.807, 2.05) is 24.3 Å². The molecule has 3 aromatic rings. The number of benzene rings is 2. The fourth-order valence-corrected chi connectivity index (χ4v) is 2.76. The molecule has 2 aromatic carbocycles. The smallest absolute Gasteiger partial charge is 0.134 e. The van der Waals surface area contributed by atoms with Gasteiger partial charge in [0.1, 0.15) is 17.2 Å². The third-order valence-corrected chi connectivity index (χ3v) is 3.77. The first-order valence-corrected chi connectivity index (χ1v) is 7.19. The molecule has 2 N–H and O–H groups in total. The molecule has 0 bridgehead atoms. The Morgan fingerprint density at radius 1 is 1.10 bits per heavy atom. The number of furan rings is 1. The number of nitrogens with two attached hydrogens (primary N) is 1. The Labute approximate surface area is 123 Å². The monoisotopic (exact) mass is 283 g/mol. The van der Waals surface area contributed by atoms with E-state index in [0.29, 0.717) is 6.42 Å². The summed E-state index contributed by atoms with van der Waals surface area (Å²) in [6, 6.07) is 14.3. The molecular weight excluding hydrogens is 265 g/mol. The van der Waals surface area contributed by atoms with Gasteiger partial charge in [-0.05, 0) is 30.2 Å². The first-order valence-electron chi connectivity index (χ1n) is 7.19. The lowest BCUT2D eigenvalue weighted by Gasteiger charge is -2.12. The van der Waals surface area contributed by atoms with Crippen molar-refractivity contribution in [2.24, 2.45) is 5.73 Å². The average molecular weight is 283 g/mol. The molecule has 21 heavy (non-hydrogen) atoms. The molecule has 0 aliphatic heterocycles. The van der Waals surface area contributed by atoms with Crippen molar-refractivity contribution >= 4 is 11.0 Å². The van der Waals surface area contributed by atoms with Crippen LogP contribution in [0, 0.1) is 5.82 Å². The van der Waals surface area contributed by atoms with Crippen LogP contribution >= 0.6 is 0 Å². The zero-order chi connectivity index (χ0) is 14.8. The highest BCUT2D eigenvalue weighted by Crippen LogP contribution is 2.31. The van der Waals surface area contributed by atoms with Gasteiger partial charge in [0.25, 0.3) is 0 Å². The second-order valence-electron chi connectivity index (χ2n) is 5.23. The first-order chi connectivity index (χ1) is 10.2. The standard InChI is InChI=1S/C18H18FNO/c1-2-16-18(14-5-3-4-6-17(14)21-16)15(20)11-12-7-9-13(19)10-8-12/h3-10,15H,2,11,20H2,1H3. The molecule has 0 aliphatic rings. The zero-order valence-electron chi connectivity index (χ0n) is 12.0. The van der Waals surface area contributed by atoms with Crippen LogP contribution in [0.2, 0.25) is 0 Å². The summed E-state index contributed by atoms with van der Waals surface area (Å²) in [5, 5.41) is 1.07. The van der Waals surface area contributed by atoms with E-state index in [2.05, 4.69) is 6.92 Å². The van der Waals surface area contributed by atoms with Gasteiger partial charge in [-0.15, -0.1) is 0 Å². The third kappa shape index (κ3) is 2.69. The van der Waals surface area contributed by atoms with Crippen LogP contribution in [0.1, 0.15) is 29.9 Å². The normalized spacial score (nSPS) is 12.7. The molecular formula is C18H18FNO. The number of fused-ring (bicyclic) bond motifs is 1. The Balaban J connectivity index is 1.96. The lowest BCUT2D eigenvalue weighted by Crippen LogP contribution is -2.14. The van der Waals surface area contributed by atoms with Crippen LogP contribution in [-0.4, -0.2) is 0 Å². The maximum absolute atomic E-state index is 13.0. The molecule has 0 fully saturated rings. The Bertz CT molecular complexity index is 746. The summed E-state index contributed by atoms with van der Waals surface area (Å²) in [6.07, 6.45) is 1.47. The van der Waals surface area contributed by atoms with Crippen molar-refractivity contribution in [1.82, 2.24) is 0 Å². The van der Waals surface area contributed by atoms with E-state index >= 15 is 0 Å². The molecule has 3 rings (SSSR count). The Morgan fingerprint density at radius 2 is 1.81 bits per heavy atom. The average Bonchev–Trinajstić information content (AvgIpc) is 2.88. The molecule has 0 aliphatic carbocycles. The van der Waals surface area contributed by atoms with Gasteiger partial charge in [0.2, 0.25) is 0 Å². The molecule has 108 valence electrons. The van der Waals surface area contributed by atoms with Gasteiger partial charge in [0, 0.05) is 23.4 Å². The molecule has 1 atom stereocenters. The Hall–Kier alpha value is -2.13. The van der Waals surface area contributed by atoms with Crippen LogP contribution in [0.15, 0.2) is 52.9 Å². The largest absolute Gasteiger partial charge is 0.461 e. The van der Waals surface area contributed by atoms with E-state index in [4.69, 9.17) is 10.2 Å². The summed E-state index contributed by atoms with van der Waals surface area (Å²) >= 11 is 0. The van der Waals surface area contributed by atoms with E-state index < -0.39 is 0 Å². The van der Waals surface area contributed by atoms with Crippen molar-refractivity contribution < 1.29 is 8.81 Å². The fraction of sp³-hybridized carbons (Fsp3) is 0.222. The molecule has 0 amide bonds. The van der Waals surface area contributed by atoms with Crippen LogP contribution in [0.3, 0.4) is 0 Å². The predicted molar refractivity (Wildman–Crippen MR) is 82.6 cm³/mol. The molecule has 1 unspecified atom stereocenters. The minimum atomic E-state index is -0.227. The molecule has 3 heteroatoms. The minimum Gasteiger partial charge on any atom is -0.461 e. The fourth-order valence-electron chi connectivity index (χ4n) is 2.76. The van der Waals surface area contributed by atoms with Gasteiger partial charge in [0.15, 0.2) is 0 Å². The number of para-hydroxylation sites is 1. The van der Waals surface area contributed by atoms with Gasteiger partial charge in [0.05, 0.1) is 0 Å². The number of halogens is 1. The van der Waals surface area contributed by atoms with Gasteiger partial charge in [-0.25, -0.2) is 4.39 Å². The molecule has 2 nitrogen and oxygen atoms in total. The summed E-state index contributed by atoms with van der Waals surface area (Å²) in [5.41, 5.74) is 9.36. The van der Waals surface area contributed by atoms with E-state index in [-0.39, 0.29) is 11.9 Å². The number of hydrogen-bond acceptors (Lipinski definition) is 2. The van der Waals surface area contributed by atoms with Crippen molar-refractivity contribution in [3.05, 3.63) is 71.2 Å². The van der Waals surface area contributed by atoms with Crippen LogP contribution in [0.25, 0.3) is 11.0 Å². The van der Waals surface area contributed by atoms with Crippen LogP contribution < -0.4 is 5.73 Å². The van der Waals surface area contributed by atoms with Crippen LogP contribution in [0.5, 0.6) is 0 Å². The molecule has 1 aromatic heterocycles. The highest BCUT2D eigenvalue weighted by molar-refractivity contribution is 5.82. The highest BCUT2D eigenvalue weighted by atomic mass is 19.1. The van der Waals surface area contributed by atoms with Crippen molar-refractivity contribution in [2.45, 2.75) is 25.8 Å². The quantitative estimate of drug-likeness (QED) is 0.772. The summed E-state index contributed by atoms with van der Waals surface area (Å²) in [6.45, 7) is 2.06. The van der Waals surface area contributed by atoms with Crippen LogP contribution in [0.4, 0.5) is 4.39 Å². The van der Waals surface area contributed by atoms with E-state index in [1.54, 1.807) is 12.1 Å². The summed E-state index contributed by atoms with van der Waals surface area (Å²) < 4.78 is 18.9. The Morgan fingerprint density at radius 3 is 2.52 bits per heavy atom. The molecule has 1 heterocycles. The minimum absolute atomic E-state index is 0.158. The van der Waals surface area contributed by atoms with Crippen molar-refractivity contribution in [2.75, 3.05) is 0 Å². The lowest BCUT2D eigenvalue weighted by atomic mass is 9.96. The summed E-state index contributed by atoms with van der Waals surface area (Å²) in [7, 11) is 0. The summed E-state index contributed by atoms with van der Waals surface area (Å²) in [4.78, 5) is 0. The number of rotatable bonds is 4.